The van der Waals surface area contributed by atoms with Crippen molar-refractivity contribution in [3.05, 3.63) is 103 Å². The highest BCUT2D eigenvalue weighted by Crippen LogP contribution is 2.38. The first kappa shape index (κ1) is 25.7. The molecule has 0 saturated heterocycles. The lowest BCUT2D eigenvalue weighted by molar-refractivity contribution is 1.50. The first-order valence-corrected chi connectivity index (χ1v) is 11.4. The lowest BCUT2D eigenvalue weighted by atomic mass is 9.91. The van der Waals surface area contributed by atoms with Gasteiger partial charge in [-0.05, 0) is 34.4 Å². The van der Waals surface area contributed by atoms with Crippen LogP contribution in [0.5, 0.6) is 0 Å². The Morgan fingerprint density at radius 2 is 0.677 bits per heavy atom. The maximum absolute atomic E-state index is 6.59. The number of nitrogens with two attached hydrogens (primary N) is 1. The summed E-state index contributed by atoms with van der Waals surface area (Å²) in [4.78, 5) is 0. The first-order valence-electron chi connectivity index (χ1n) is 11.4. The lowest BCUT2D eigenvalue weighted by Gasteiger charge is -2.15. The number of rotatable bonds is 3. The average molecular weight is 412 g/mol. The molecule has 1 nitrogen and oxygen atoms in total. The quantitative estimate of drug-likeness (QED) is 0.334. The Hall–Kier alpha value is -3.32. The summed E-state index contributed by atoms with van der Waals surface area (Å²) in [6.07, 6.45) is 0. The van der Waals surface area contributed by atoms with Crippen molar-refractivity contribution in [2.45, 2.75) is 41.5 Å². The molecule has 0 aliphatic heterocycles. The van der Waals surface area contributed by atoms with E-state index in [1.807, 2.05) is 84.0 Å². The second kappa shape index (κ2) is 14.6. The molecule has 4 rings (SSSR count). The minimum absolute atomic E-state index is 0.817. The number of hydrogen-bond donors (Lipinski definition) is 1. The fraction of sp³-hybridized carbons (Fsp3) is 0.200. The van der Waals surface area contributed by atoms with E-state index in [1.54, 1.807) is 0 Å². The van der Waals surface area contributed by atoms with Gasteiger partial charge in [0.1, 0.15) is 0 Å². The molecule has 0 saturated carbocycles. The van der Waals surface area contributed by atoms with Gasteiger partial charge in [0.15, 0.2) is 0 Å². The van der Waals surface area contributed by atoms with Crippen LogP contribution in [-0.4, -0.2) is 0 Å². The SMILES string of the molecule is CC.CC.CC.Nc1c(-c2ccccc2)cc(-c2ccccc2)cc1-c1ccccc1. The maximum atomic E-state index is 6.59. The molecule has 2 N–H and O–H groups in total. The van der Waals surface area contributed by atoms with Gasteiger partial charge in [-0.15, -0.1) is 0 Å². The second-order valence-corrected chi connectivity index (χ2v) is 6.08. The molecule has 0 radical (unpaired) electrons. The summed E-state index contributed by atoms with van der Waals surface area (Å²) in [5.41, 5.74) is 14.2. The summed E-state index contributed by atoms with van der Waals surface area (Å²) in [7, 11) is 0. The molecule has 0 atom stereocenters. The van der Waals surface area contributed by atoms with Gasteiger partial charge in [0, 0.05) is 16.8 Å². The summed E-state index contributed by atoms with van der Waals surface area (Å²) in [6.45, 7) is 12.0. The Labute approximate surface area is 189 Å². The highest BCUT2D eigenvalue weighted by Gasteiger charge is 2.12. The predicted molar refractivity (Wildman–Crippen MR) is 141 cm³/mol. The largest absolute Gasteiger partial charge is 0.398 e. The molecular weight excluding hydrogens is 374 g/mol. The fourth-order valence-corrected chi connectivity index (χ4v) is 3.16. The minimum Gasteiger partial charge on any atom is -0.398 e. The monoisotopic (exact) mass is 411 g/mol. The Morgan fingerprint density at radius 3 is 1.00 bits per heavy atom. The van der Waals surface area contributed by atoms with Crippen molar-refractivity contribution in [1.29, 1.82) is 0 Å². The van der Waals surface area contributed by atoms with Crippen molar-refractivity contribution in [2.75, 3.05) is 5.73 Å². The van der Waals surface area contributed by atoms with Crippen molar-refractivity contribution in [1.82, 2.24) is 0 Å². The maximum Gasteiger partial charge on any atom is 0.0473 e. The third-order valence-electron chi connectivity index (χ3n) is 4.46. The van der Waals surface area contributed by atoms with Crippen LogP contribution in [0.4, 0.5) is 5.69 Å². The molecule has 1 heteroatoms. The summed E-state index contributed by atoms with van der Waals surface area (Å²) >= 11 is 0. The van der Waals surface area contributed by atoms with E-state index in [2.05, 4.69) is 60.7 Å². The molecule has 0 aliphatic rings. The summed E-state index contributed by atoms with van der Waals surface area (Å²) < 4.78 is 0. The van der Waals surface area contributed by atoms with Gasteiger partial charge in [-0.3, -0.25) is 0 Å². The number of anilines is 1. The predicted octanol–water partition coefficient (Wildman–Crippen LogP) is 9.35. The summed E-state index contributed by atoms with van der Waals surface area (Å²) in [5, 5.41) is 0. The molecule has 162 valence electrons. The summed E-state index contributed by atoms with van der Waals surface area (Å²) in [5.74, 6) is 0. The van der Waals surface area contributed by atoms with Crippen molar-refractivity contribution >= 4 is 5.69 Å². The van der Waals surface area contributed by atoms with Gasteiger partial charge in [0.05, 0.1) is 0 Å². The van der Waals surface area contributed by atoms with E-state index in [0.717, 1.165) is 27.9 Å². The molecule has 0 bridgehead atoms. The van der Waals surface area contributed by atoms with E-state index in [0.29, 0.717) is 0 Å². The molecule has 0 amide bonds. The zero-order valence-electron chi connectivity index (χ0n) is 19.9. The van der Waals surface area contributed by atoms with E-state index in [4.69, 9.17) is 5.73 Å². The van der Waals surface area contributed by atoms with Crippen LogP contribution in [0.25, 0.3) is 33.4 Å². The molecular formula is C30H37N. The lowest BCUT2D eigenvalue weighted by Crippen LogP contribution is -1.96. The molecule has 0 heterocycles. The van der Waals surface area contributed by atoms with Crippen LogP contribution in [0.1, 0.15) is 41.5 Å². The minimum atomic E-state index is 0.817. The molecule has 0 unspecified atom stereocenters. The Bertz CT molecular complexity index is 914. The molecule has 4 aromatic carbocycles. The zero-order valence-corrected chi connectivity index (χ0v) is 19.9. The third-order valence-corrected chi connectivity index (χ3v) is 4.46. The second-order valence-electron chi connectivity index (χ2n) is 6.08. The number of hydrogen-bond acceptors (Lipinski definition) is 1. The normalized spacial score (nSPS) is 9.10. The van der Waals surface area contributed by atoms with Gasteiger partial charge in [-0.1, -0.05) is 133 Å². The van der Waals surface area contributed by atoms with Crippen LogP contribution >= 0.6 is 0 Å². The molecule has 0 aliphatic carbocycles. The van der Waals surface area contributed by atoms with Crippen LogP contribution in [0.15, 0.2) is 103 Å². The molecule has 0 spiro atoms. The summed E-state index contributed by atoms with van der Waals surface area (Å²) in [6, 6.07) is 35.5. The highest BCUT2D eigenvalue weighted by molar-refractivity contribution is 5.93. The number of nitrogen functional groups attached to an aromatic ring is 1. The zero-order chi connectivity index (χ0) is 23.1. The third kappa shape index (κ3) is 6.86. The molecule has 4 aromatic rings. The van der Waals surface area contributed by atoms with Gasteiger partial charge < -0.3 is 5.73 Å². The van der Waals surface area contributed by atoms with E-state index in [-0.39, 0.29) is 0 Å². The molecule has 31 heavy (non-hydrogen) atoms. The van der Waals surface area contributed by atoms with Crippen LogP contribution < -0.4 is 5.73 Å². The van der Waals surface area contributed by atoms with Crippen molar-refractivity contribution < 1.29 is 0 Å². The highest BCUT2D eigenvalue weighted by atomic mass is 14.6. The smallest absolute Gasteiger partial charge is 0.0473 e. The fourth-order valence-electron chi connectivity index (χ4n) is 3.16. The Kier molecular flexibility index (Phi) is 12.1. The Balaban J connectivity index is 0.000000739. The van der Waals surface area contributed by atoms with Crippen LogP contribution in [-0.2, 0) is 0 Å². The van der Waals surface area contributed by atoms with Crippen LogP contribution in [0.3, 0.4) is 0 Å². The first-order chi connectivity index (χ1) is 15.3. The Morgan fingerprint density at radius 1 is 0.387 bits per heavy atom. The van der Waals surface area contributed by atoms with E-state index >= 15 is 0 Å². The van der Waals surface area contributed by atoms with E-state index in [9.17, 15) is 0 Å². The van der Waals surface area contributed by atoms with Gasteiger partial charge >= 0.3 is 0 Å². The van der Waals surface area contributed by atoms with Crippen molar-refractivity contribution in [3.63, 3.8) is 0 Å². The van der Waals surface area contributed by atoms with Crippen LogP contribution in [0, 0.1) is 0 Å². The molecule has 0 aromatic heterocycles. The van der Waals surface area contributed by atoms with Gasteiger partial charge in [-0.2, -0.15) is 0 Å². The van der Waals surface area contributed by atoms with Crippen molar-refractivity contribution in [2.24, 2.45) is 0 Å². The van der Waals surface area contributed by atoms with E-state index in [1.165, 1.54) is 11.1 Å². The van der Waals surface area contributed by atoms with Gasteiger partial charge in [0.2, 0.25) is 0 Å². The van der Waals surface area contributed by atoms with Crippen LogP contribution in [0.2, 0.25) is 0 Å². The standard InChI is InChI=1S/C24H19N.3C2H6/c25-24-22(19-12-6-2-7-13-19)16-21(18-10-4-1-5-11-18)17-23(24)20-14-8-3-9-15-20;3*1-2/h1-17H,25H2;3*1-2H3. The topological polar surface area (TPSA) is 26.0 Å². The van der Waals surface area contributed by atoms with Gasteiger partial charge in [-0.25, -0.2) is 0 Å². The van der Waals surface area contributed by atoms with Gasteiger partial charge in [0.25, 0.3) is 0 Å². The van der Waals surface area contributed by atoms with E-state index < -0.39 is 0 Å². The average Bonchev–Trinajstić information content (AvgIpc) is 2.89. The van der Waals surface area contributed by atoms with Crippen molar-refractivity contribution in [3.8, 4) is 33.4 Å². The molecule has 0 fully saturated rings. The number of benzene rings is 4.